The van der Waals surface area contributed by atoms with E-state index in [2.05, 4.69) is 5.32 Å². The standard InChI is InChI=1S/C22H27FN2O3S/c1-3-21(17-6-4-16(2)5-7-17)24-22(26)18-12-14-25(15-13-18)29(27,28)20-10-8-19(23)9-11-20/h4-11,18,21H,3,12-15H2,1-2H3,(H,24,26)/t21-/m0/s1. The molecule has 0 spiro atoms. The lowest BCUT2D eigenvalue weighted by molar-refractivity contribution is -0.126. The Balaban J connectivity index is 1.60. The van der Waals surface area contributed by atoms with Gasteiger partial charge in [0.05, 0.1) is 10.9 Å². The van der Waals surface area contributed by atoms with Gasteiger partial charge in [-0.05, 0) is 56.0 Å². The van der Waals surface area contributed by atoms with Crippen LogP contribution in [0.2, 0.25) is 0 Å². The number of carbonyl (C=O) groups is 1. The third kappa shape index (κ3) is 5.03. The van der Waals surface area contributed by atoms with Crippen molar-refractivity contribution in [3.05, 3.63) is 65.5 Å². The molecule has 1 saturated heterocycles. The van der Waals surface area contributed by atoms with Crippen LogP contribution in [0.3, 0.4) is 0 Å². The van der Waals surface area contributed by atoms with Crippen molar-refractivity contribution in [3.8, 4) is 0 Å². The molecule has 1 fully saturated rings. The maximum absolute atomic E-state index is 13.1. The van der Waals surface area contributed by atoms with Crippen molar-refractivity contribution in [2.75, 3.05) is 13.1 Å². The molecule has 156 valence electrons. The van der Waals surface area contributed by atoms with Gasteiger partial charge < -0.3 is 5.32 Å². The summed E-state index contributed by atoms with van der Waals surface area (Å²) in [6.07, 6.45) is 1.72. The lowest BCUT2D eigenvalue weighted by Gasteiger charge is -2.31. The number of nitrogens with one attached hydrogen (secondary N) is 1. The maximum Gasteiger partial charge on any atom is 0.243 e. The van der Waals surface area contributed by atoms with Crippen molar-refractivity contribution >= 4 is 15.9 Å². The molecule has 2 aromatic carbocycles. The van der Waals surface area contributed by atoms with Gasteiger partial charge in [-0.1, -0.05) is 36.8 Å². The number of hydrogen-bond donors (Lipinski definition) is 1. The Morgan fingerprint density at radius 1 is 1.10 bits per heavy atom. The third-order valence-electron chi connectivity index (χ3n) is 5.48. The van der Waals surface area contributed by atoms with Gasteiger partial charge in [-0.3, -0.25) is 4.79 Å². The fourth-order valence-corrected chi connectivity index (χ4v) is 5.09. The van der Waals surface area contributed by atoms with E-state index >= 15 is 0 Å². The number of amides is 1. The zero-order valence-electron chi connectivity index (χ0n) is 16.8. The van der Waals surface area contributed by atoms with Crippen LogP contribution in [0, 0.1) is 18.7 Å². The molecule has 29 heavy (non-hydrogen) atoms. The van der Waals surface area contributed by atoms with Crippen LogP contribution in [0.15, 0.2) is 53.4 Å². The molecule has 1 amide bonds. The molecule has 0 unspecified atom stereocenters. The van der Waals surface area contributed by atoms with Gasteiger partial charge in [0.15, 0.2) is 0 Å². The second kappa shape index (κ2) is 9.05. The molecular weight excluding hydrogens is 391 g/mol. The van der Waals surface area contributed by atoms with Gasteiger partial charge in [-0.15, -0.1) is 0 Å². The molecule has 2 aromatic rings. The molecule has 7 heteroatoms. The van der Waals surface area contributed by atoms with Crippen molar-refractivity contribution in [2.24, 2.45) is 5.92 Å². The van der Waals surface area contributed by atoms with E-state index in [9.17, 15) is 17.6 Å². The van der Waals surface area contributed by atoms with Crippen LogP contribution in [0.4, 0.5) is 4.39 Å². The van der Waals surface area contributed by atoms with Crippen LogP contribution >= 0.6 is 0 Å². The highest BCUT2D eigenvalue weighted by Gasteiger charge is 2.32. The first kappa shape index (κ1) is 21.5. The minimum Gasteiger partial charge on any atom is -0.349 e. The number of halogens is 1. The summed E-state index contributed by atoms with van der Waals surface area (Å²) in [5.74, 6) is -0.719. The van der Waals surface area contributed by atoms with Crippen molar-refractivity contribution in [1.82, 2.24) is 9.62 Å². The predicted octanol–water partition coefficient (Wildman–Crippen LogP) is 3.80. The Bertz CT molecular complexity index is 935. The summed E-state index contributed by atoms with van der Waals surface area (Å²) in [5.41, 5.74) is 2.24. The van der Waals surface area contributed by atoms with Gasteiger partial charge in [-0.2, -0.15) is 4.31 Å². The second-order valence-corrected chi connectivity index (χ2v) is 9.45. The Morgan fingerprint density at radius 3 is 2.24 bits per heavy atom. The molecule has 3 rings (SSSR count). The number of carbonyl (C=O) groups excluding carboxylic acids is 1. The first-order chi connectivity index (χ1) is 13.8. The molecule has 0 radical (unpaired) electrons. The average Bonchev–Trinajstić information content (AvgIpc) is 2.73. The van der Waals surface area contributed by atoms with E-state index in [-0.39, 0.29) is 35.9 Å². The zero-order valence-corrected chi connectivity index (χ0v) is 17.6. The predicted molar refractivity (Wildman–Crippen MR) is 110 cm³/mol. The van der Waals surface area contributed by atoms with E-state index in [1.165, 1.54) is 22.0 Å². The van der Waals surface area contributed by atoms with Crippen LogP contribution in [0.25, 0.3) is 0 Å². The summed E-state index contributed by atoms with van der Waals surface area (Å²) in [4.78, 5) is 12.8. The van der Waals surface area contributed by atoms with E-state index < -0.39 is 15.8 Å². The highest BCUT2D eigenvalue weighted by molar-refractivity contribution is 7.89. The van der Waals surface area contributed by atoms with E-state index in [1.807, 2.05) is 38.1 Å². The topological polar surface area (TPSA) is 66.5 Å². The van der Waals surface area contributed by atoms with E-state index in [0.717, 1.165) is 24.1 Å². The Morgan fingerprint density at radius 2 is 1.69 bits per heavy atom. The number of hydrogen-bond acceptors (Lipinski definition) is 3. The molecule has 1 N–H and O–H groups in total. The summed E-state index contributed by atoms with van der Waals surface area (Å²) in [6.45, 7) is 4.61. The summed E-state index contributed by atoms with van der Waals surface area (Å²) in [6, 6.07) is 12.9. The van der Waals surface area contributed by atoms with Crippen LogP contribution in [-0.2, 0) is 14.8 Å². The van der Waals surface area contributed by atoms with Gasteiger partial charge >= 0.3 is 0 Å². The zero-order chi connectivity index (χ0) is 21.0. The minimum atomic E-state index is -3.67. The fraction of sp³-hybridized carbons (Fsp3) is 0.409. The number of piperidine rings is 1. The smallest absolute Gasteiger partial charge is 0.243 e. The molecule has 1 aliphatic heterocycles. The highest BCUT2D eigenvalue weighted by Crippen LogP contribution is 2.25. The summed E-state index contributed by atoms with van der Waals surface area (Å²) in [5, 5.41) is 3.12. The van der Waals surface area contributed by atoms with Crippen molar-refractivity contribution in [3.63, 3.8) is 0 Å². The molecule has 1 heterocycles. The summed E-state index contributed by atoms with van der Waals surface area (Å²) < 4.78 is 39.9. The van der Waals surface area contributed by atoms with Gasteiger partial charge in [-0.25, -0.2) is 12.8 Å². The number of rotatable bonds is 6. The van der Waals surface area contributed by atoms with Gasteiger partial charge in [0.2, 0.25) is 15.9 Å². The number of nitrogens with zero attached hydrogens (tertiary/aromatic N) is 1. The molecule has 0 bridgehead atoms. The van der Waals surface area contributed by atoms with E-state index in [1.54, 1.807) is 0 Å². The maximum atomic E-state index is 13.1. The lowest BCUT2D eigenvalue weighted by Crippen LogP contribution is -2.43. The quantitative estimate of drug-likeness (QED) is 0.776. The molecule has 0 saturated carbocycles. The first-order valence-electron chi connectivity index (χ1n) is 9.94. The van der Waals surface area contributed by atoms with Crippen LogP contribution in [0.1, 0.15) is 43.4 Å². The number of benzene rings is 2. The summed E-state index contributed by atoms with van der Waals surface area (Å²) in [7, 11) is -3.67. The Hall–Kier alpha value is -2.25. The SMILES string of the molecule is CC[C@H](NC(=O)C1CCN(S(=O)(=O)c2ccc(F)cc2)CC1)c1ccc(C)cc1. The van der Waals surface area contributed by atoms with Crippen LogP contribution in [0.5, 0.6) is 0 Å². The molecule has 1 atom stereocenters. The third-order valence-corrected chi connectivity index (χ3v) is 7.39. The molecule has 0 aliphatic carbocycles. The monoisotopic (exact) mass is 418 g/mol. The molecule has 5 nitrogen and oxygen atoms in total. The lowest BCUT2D eigenvalue weighted by atomic mass is 9.95. The van der Waals surface area contributed by atoms with Crippen molar-refractivity contribution in [2.45, 2.75) is 44.0 Å². The van der Waals surface area contributed by atoms with Crippen molar-refractivity contribution in [1.29, 1.82) is 0 Å². The van der Waals surface area contributed by atoms with Crippen LogP contribution in [-0.4, -0.2) is 31.7 Å². The first-order valence-corrected chi connectivity index (χ1v) is 11.4. The molecule has 0 aromatic heterocycles. The summed E-state index contributed by atoms with van der Waals surface area (Å²) >= 11 is 0. The van der Waals surface area contributed by atoms with Crippen molar-refractivity contribution < 1.29 is 17.6 Å². The number of aryl methyl sites for hydroxylation is 1. The number of sulfonamides is 1. The van der Waals surface area contributed by atoms with Gasteiger partial charge in [0, 0.05) is 19.0 Å². The van der Waals surface area contributed by atoms with Crippen LogP contribution < -0.4 is 5.32 Å². The van der Waals surface area contributed by atoms with Gasteiger partial charge in [0.25, 0.3) is 0 Å². The largest absolute Gasteiger partial charge is 0.349 e. The van der Waals surface area contributed by atoms with E-state index in [0.29, 0.717) is 12.8 Å². The second-order valence-electron chi connectivity index (χ2n) is 7.51. The van der Waals surface area contributed by atoms with E-state index in [4.69, 9.17) is 0 Å². The fourth-order valence-electron chi connectivity index (χ4n) is 3.62. The average molecular weight is 419 g/mol. The van der Waals surface area contributed by atoms with Gasteiger partial charge in [0.1, 0.15) is 5.82 Å². The Kier molecular flexibility index (Phi) is 6.70. The molecular formula is C22H27FN2O3S. The minimum absolute atomic E-state index is 0.0312. The molecule has 1 aliphatic rings. The Labute approximate surface area is 172 Å². The normalized spacial score (nSPS) is 17.1. The highest BCUT2D eigenvalue weighted by atomic mass is 32.2.